The molecule has 0 aliphatic carbocycles. The maximum atomic E-state index is 13.4. The lowest BCUT2D eigenvalue weighted by molar-refractivity contribution is 0.145. The van der Waals surface area contributed by atoms with E-state index in [0.29, 0.717) is 28.3 Å². The summed E-state index contributed by atoms with van der Waals surface area (Å²) in [5.74, 6) is 5.59. The number of aliphatic hydroxyl groups excluding tert-OH is 1. The Bertz CT molecular complexity index is 1270. The fourth-order valence-corrected chi connectivity index (χ4v) is 4.14. The van der Waals surface area contributed by atoms with Crippen LogP contribution in [0.1, 0.15) is 49.2 Å². The third-order valence-corrected chi connectivity index (χ3v) is 5.85. The Balaban J connectivity index is 1.76. The van der Waals surface area contributed by atoms with Crippen molar-refractivity contribution in [1.82, 2.24) is 19.7 Å². The zero-order valence-corrected chi connectivity index (χ0v) is 19.4. The second-order valence-electron chi connectivity index (χ2n) is 8.22. The first kappa shape index (κ1) is 24.3. The highest BCUT2D eigenvalue weighted by molar-refractivity contribution is 6.47. The summed E-state index contributed by atoms with van der Waals surface area (Å²) in [6.45, 7) is 3.51. The molecule has 4 heterocycles. The van der Waals surface area contributed by atoms with E-state index in [2.05, 4.69) is 26.5 Å². The minimum Gasteiger partial charge on any atom is -0.469 e. The van der Waals surface area contributed by atoms with Crippen molar-refractivity contribution >= 4 is 17.1 Å². The summed E-state index contributed by atoms with van der Waals surface area (Å²) < 4.78 is 21.2. The standard InChI is InChI=1S/C24H27FN8O2/c1-15(31-18-4-7-28-8-5-18)24(32-27)16-10-22-30-14-19(12-26)33(22)23(11-16)35-21(6-9-34)20-3-2-17(25)13-29-20/h2-3,10-11,13-14,18,21,28,34H,4-9,27H2,1H3/b31-15?,32-24+. The highest BCUT2D eigenvalue weighted by Gasteiger charge is 2.21. The average molecular weight is 479 g/mol. The quantitative estimate of drug-likeness (QED) is 0.255. The van der Waals surface area contributed by atoms with E-state index in [9.17, 15) is 14.8 Å². The topological polar surface area (TPSA) is 146 Å². The number of imidazole rings is 1. The van der Waals surface area contributed by atoms with Gasteiger partial charge in [0.25, 0.3) is 0 Å². The number of nitrogens with zero attached hydrogens (tertiary/aromatic N) is 6. The van der Waals surface area contributed by atoms with Crippen LogP contribution in [0.15, 0.2) is 46.8 Å². The third-order valence-electron chi connectivity index (χ3n) is 5.85. The molecule has 0 spiro atoms. The normalized spacial score (nSPS) is 16.3. The van der Waals surface area contributed by atoms with Gasteiger partial charge in [0, 0.05) is 24.7 Å². The lowest BCUT2D eigenvalue weighted by Crippen LogP contribution is -2.31. The van der Waals surface area contributed by atoms with Gasteiger partial charge in [-0.2, -0.15) is 10.4 Å². The summed E-state index contributed by atoms with van der Waals surface area (Å²) in [4.78, 5) is 13.3. The number of aromatic nitrogens is 3. The first-order valence-corrected chi connectivity index (χ1v) is 11.4. The molecule has 4 N–H and O–H groups in total. The van der Waals surface area contributed by atoms with Crippen molar-refractivity contribution in [3.8, 4) is 11.9 Å². The van der Waals surface area contributed by atoms with Crippen LogP contribution in [0.2, 0.25) is 0 Å². The molecule has 1 aliphatic rings. The Hall–Kier alpha value is -3.88. The number of aliphatic imine (C=N–C) groups is 1. The van der Waals surface area contributed by atoms with E-state index in [1.165, 1.54) is 18.3 Å². The number of halogens is 1. The van der Waals surface area contributed by atoms with Crippen LogP contribution in [0.5, 0.6) is 5.88 Å². The second kappa shape index (κ2) is 11.0. The Labute approximate surface area is 202 Å². The van der Waals surface area contributed by atoms with Crippen LogP contribution < -0.4 is 15.9 Å². The molecule has 1 atom stereocenters. The van der Waals surface area contributed by atoms with Crippen molar-refractivity contribution in [3.63, 3.8) is 0 Å². The van der Waals surface area contributed by atoms with Crippen LogP contribution in [0, 0.1) is 17.1 Å². The molecule has 11 heteroatoms. The highest BCUT2D eigenvalue weighted by atomic mass is 19.1. The van der Waals surface area contributed by atoms with Crippen LogP contribution >= 0.6 is 0 Å². The van der Waals surface area contributed by atoms with Crippen molar-refractivity contribution in [1.29, 1.82) is 5.26 Å². The number of piperidine rings is 1. The van der Waals surface area contributed by atoms with Crippen molar-refractivity contribution in [3.05, 3.63) is 59.4 Å². The number of nitrogens with two attached hydrogens (primary N) is 1. The molecule has 0 bridgehead atoms. The smallest absolute Gasteiger partial charge is 0.201 e. The fourth-order valence-electron chi connectivity index (χ4n) is 4.14. The van der Waals surface area contributed by atoms with Gasteiger partial charge in [-0.1, -0.05) is 0 Å². The van der Waals surface area contributed by atoms with Crippen molar-refractivity contribution in [2.45, 2.75) is 38.3 Å². The molecule has 1 fully saturated rings. The number of nitrogens with one attached hydrogen (secondary N) is 1. The molecule has 1 unspecified atom stereocenters. The number of hydrogen-bond acceptors (Lipinski definition) is 9. The zero-order chi connectivity index (χ0) is 24.8. The summed E-state index contributed by atoms with van der Waals surface area (Å²) >= 11 is 0. The molecule has 1 aliphatic heterocycles. The molecule has 0 aromatic carbocycles. The van der Waals surface area contributed by atoms with Gasteiger partial charge in [0.1, 0.15) is 35.0 Å². The van der Waals surface area contributed by atoms with Gasteiger partial charge in [0.2, 0.25) is 5.88 Å². The van der Waals surface area contributed by atoms with Gasteiger partial charge in [-0.05, 0) is 51.1 Å². The summed E-state index contributed by atoms with van der Waals surface area (Å²) in [6.07, 6.45) is 3.90. The van der Waals surface area contributed by atoms with Crippen LogP contribution in [0.25, 0.3) is 5.65 Å². The van der Waals surface area contributed by atoms with E-state index in [0.717, 1.165) is 32.1 Å². The Morgan fingerprint density at radius 2 is 2.14 bits per heavy atom. The minimum absolute atomic E-state index is 0.181. The van der Waals surface area contributed by atoms with Crippen LogP contribution in [0.3, 0.4) is 0 Å². The lowest BCUT2D eigenvalue weighted by Gasteiger charge is -2.21. The van der Waals surface area contributed by atoms with Gasteiger partial charge in [0.05, 0.1) is 29.8 Å². The minimum atomic E-state index is -0.698. The van der Waals surface area contributed by atoms with Crippen LogP contribution in [0.4, 0.5) is 4.39 Å². The molecule has 0 amide bonds. The van der Waals surface area contributed by atoms with Crippen LogP contribution in [-0.2, 0) is 0 Å². The Morgan fingerprint density at radius 1 is 1.34 bits per heavy atom. The molecule has 1 saturated heterocycles. The molecule has 0 radical (unpaired) electrons. The second-order valence-corrected chi connectivity index (χ2v) is 8.22. The molecule has 35 heavy (non-hydrogen) atoms. The summed E-state index contributed by atoms with van der Waals surface area (Å²) in [5.41, 5.74) is 2.95. The molecule has 3 aromatic heterocycles. The number of pyridine rings is 2. The van der Waals surface area contributed by atoms with Gasteiger partial charge in [-0.25, -0.2) is 9.37 Å². The molecule has 0 saturated carbocycles. The van der Waals surface area contributed by atoms with E-state index in [-0.39, 0.29) is 30.6 Å². The van der Waals surface area contributed by atoms with Gasteiger partial charge in [0.15, 0.2) is 0 Å². The Morgan fingerprint density at radius 3 is 2.80 bits per heavy atom. The number of ether oxygens (including phenoxy) is 1. The molecular formula is C24H27FN8O2. The first-order valence-electron chi connectivity index (χ1n) is 11.4. The summed E-state index contributed by atoms with van der Waals surface area (Å²) in [5, 5.41) is 26.5. The molecule has 4 rings (SSSR count). The van der Waals surface area contributed by atoms with Gasteiger partial charge in [-0.3, -0.25) is 14.4 Å². The SMILES string of the molecule is CC(=NC1CCNCC1)/C(=N\N)c1cc(OC(CCO)c2ccc(F)cn2)n2c(C#N)cnc2c1. The van der Waals surface area contributed by atoms with E-state index in [4.69, 9.17) is 15.6 Å². The van der Waals surface area contributed by atoms with Gasteiger partial charge < -0.3 is 21.0 Å². The van der Waals surface area contributed by atoms with Crippen molar-refractivity contribution in [2.24, 2.45) is 15.9 Å². The summed E-state index contributed by atoms with van der Waals surface area (Å²) in [6, 6.07) is 8.53. The maximum absolute atomic E-state index is 13.4. The third kappa shape index (κ3) is 5.45. The number of hydrogen-bond donors (Lipinski definition) is 3. The fraction of sp³-hybridized carbons (Fsp3) is 0.375. The Kier molecular flexibility index (Phi) is 7.64. The maximum Gasteiger partial charge on any atom is 0.201 e. The monoisotopic (exact) mass is 478 g/mol. The predicted octanol–water partition coefficient (Wildman–Crippen LogP) is 2.12. The number of aliphatic hydroxyl groups is 1. The zero-order valence-electron chi connectivity index (χ0n) is 19.4. The highest BCUT2D eigenvalue weighted by Crippen LogP contribution is 2.28. The molecular weight excluding hydrogens is 451 g/mol. The molecule has 10 nitrogen and oxygen atoms in total. The number of hydrazone groups is 1. The van der Waals surface area contributed by atoms with E-state index in [1.54, 1.807) is 16.5 Å². The largest absolute Gasteiger partial charge is 0.469 e. The first-order chi connectivity index (χ1) is 17.0. The molecule has 3 aromatic rings. The average Bonchev–Trinajstić information content (AvgIpc) is 3.29. The lowest BCUT2D eigenvalue weighted by atomic mass is 10.0. The van der Waals surface area contributed by atoms with Crippen molar-refractivity contribution < 1.29 is 14.2 Å². The summed E-state index contributed by atoms with van der Waals surface area (Å²) in [7, 11) is 0. The van der Waals surface area contributed by atoms with Gasteiger partial charge in [-0.15, -0.1) is 0 Å². The van der Waals surface area contributed by atoms with E-state index < -0.39 is 11.9 Å². The van der Waals surface area contributed by atoms with Crippen molar-refractivity contribution in [2.75, 3.05) is 19.7 Å². The van der Waals surface area contributed by atoms with E-state index >= 15 is 0 Å². The number of nitriles is 1. The van der Waals surface area contributed by atoms with E-state index in [1.807, 2.05) is 6.92 Å². The van der Waals surface area contributed by atoms with Crippen LogP contribution in [-0.4, -0.2) is 56.6 Å². The number of rotatable bonds is 8. The predicted molar refractivity (Wildman–Crippen MR) is 129 cm³/mol. The number of fused-ring (bicyclic) bond motifs is 1. The molecule has 182 valence electrons. The van der Waals surface area contributed by atoms with Gasteiger partial charge >= 0.3 is 0 Å².